The van der Waals surface area contributed by atoms with Crippen LogP contribution in [0.25, 0.3) is 10.8 Å². The molecule has 2 aromatic carbocycles. The number of aliphatic hydroxyl groups excluding tert-OH is 1. The molecule has 1 nitrogen and oxygen atoms in total. The van der Waals surface area contributed by atoms with E-state index in [0.29, 0.717) is 5.39 Å². The lowest BCUT2D eigenvalue weighted by Gasteiger charge is -2.14. The monoisotopic (exact) mass is 286 g/mol. The largest absolute Gasteiger partial charge is 0.384 e. The number of thiophene rings is 1. The highest BCUT2D eigenvalue weighted by Gasteiger charge is 2.18. The van der Waals surface area contributed by atoms with Crippen molar-refractivity contribution < 1.29 is 9.50 Å². The van der Waals surface area contributed by atoms with Crippen molar-refractivity contribution in [1.82, 2.24) is 0 Å². The van der Waals surface area contributed by atoms with E-state index in [4.69, 9.17) is 0 Å². The van der Waals surface area contributed by atoms with E-state index in [1.54, 1.807) is 23.5 Å². The molecule has 0 fully saturated rings. The lowest BCUT2D eigenvalue weighted by molar-refractivity contribution is 0.221. The Bertz CT molecular complexity index is 776. The van der Waals surface area contributed by atoms with Gasteiger partial charge in [-0.1, -0.05) is 30.3 Å². The standard InChI is InChI=1S/C17H15FOS/c1-10-9-15(11(2)20-10)17(19)14-7-8-16(18)13-6-4-3-5-12(13)14/h3-9,17,19H,1-2H3. The van der Waals surface area contributed by atoms with Crippen LogP contribution in [0.2, 0.25) is 0 Å². The maximum atomic E-state index is 13.8. The molecule has 3 rings (SSSR count). The molecule has 0 saturated carbocycles. The van der Waals surface area contributed by atoms with Gasteiger partial charge < -0.3 is 5.11 Å². The molecule has 1 unspecified atom stereocenters. The molecule has 0 aliphatic heterocycles. The van der Waals surface area contributed by atoms with Gasteiger partial charge in [0.2, 0.25) is 0 Å². The number of benzene rings is 2. The minimum Gasteiger partial charge on any atom is -0.384 e. The minimum atomic E-state index is -0.717. The van der Waals surface area contributed by atoms with Crippen molar-refractivity contribution >= 4 is 22.1 Å². The third-order valence-corrected chi connectivity index (χ3v) is 4.55. The SMILES string of the molecule is Cc1cc(C(O)c2ccc(F)c3ccccc23)c(C)s1. The Balaban J connectivity index is 2.20. The van der Waals surface area contributed by atoms with Crippen molar-refractivity contribution in [3.8, 4) is 0 Å². The predicted octanol–water partition coefficient (Wildman–Crippen LogP) is 4.74. The molecule has 3 heteroatoms. The summed E-state index contributed by atoms with van der Waals surface area (Å²) in [5, 5.41) is 12.0. The van der Waals surface area contributed by atoms with Gasteiger partial charge in [-0.15, -0.1) is 11.3 Å². The molecule has 0 saturated heterocycles. The lowest BCUT2D eigenvalue weighted by atomic mass is 9.96. The molecule has 0 aliphatic rings. The van der Waals surface area contributed by atoms with Gasteiger partial charge in [0.15, 0.2) is 0 Å². The first-order valence-electron chi connectivity index (χ1n) is 6.50. The Labute approximate surface area is 121 Å². The Hall–Kier alpha value is -1.71. The van der Waals surface area contributed by atoms with Crippen LogP contribution in [0.4, 0.5) is 4.39 Å². The third kappa shape index (κ3) is 2.13. The Morgan fingerprint density at radius 2 is 1.70 bits per heavy atom. The summed E-state index contributed by atoms with van der Waals surface area (Å²) in [7, 11) is 0. The van der Waals surface area contributed by atoms with Crippen molar-refractivity contribution in [1.29, 1.82) is 0 Å². The molecule has 0 aliphatic carbocycles. The van der Waals surface area contributed by atoms with E-state index < -0.39 is 6.10 Å². The van der Waals surface area contributed by atoms with Gasteiger partial charge in [-0.25, -0.2) is 4.39 Å². The molecule has 1 heterocycles. The predicted molar refractivity (Wildman–Crippen MR) is 81.8 cm³/mol. The fourth-order valence-corrected chi connectivity index (χ4v) is 3.57. The quantitative estimate of drug-likeness (QED) is 0.721. The maximum Gasteiger partial charge on any atom is 0.131 e. The number of aryl methyl sites for hydroxylation is 2. The zero-order chi connectivity index (χ0) is 14.3. The number of hydrogen-bond donors (Lipinski definition) is 1. The Kier molecular flexibility index (Phi) is 3.32. The van der Waals surface area contributed by atoms with Crippen molar-refractivity contribution in [3.63, 3.8) is 0 Å². The lowest BCUT2D eigenvalue weighted by Crippen LogP contribution is -2.01. The molecule has 0 spiro atoms. The van der Waals surface area contributed by atoms with Crippen LogP contribution in [0.3, 0.4) is 0 Å². The van der Waals surface area contributed by atoms with Crippen LogP contribution in [0, 0.1) is 19.7 Å². The third-order valence-electron chi connectivity index (χ3n) is 3.57. The highest BCUT2D eigenvalue weighted by Crippen LogP contribution is 2.34. The van der Waals surface area contributed by atoms with Gasteiger partial charge in [0.05, 0.1) is 0 Å². The van der Waals surface area contributed by atoms with Gasteiger partial charge >= 0.3 is 0 Å². The zero-order valence-corrected chi connectivity index (χ0v) is 12.2. The van der Waals surface area contributed by atoms with Gasteiger partial charge in [0.1, 0.15) is 11.9 Å². The van der Waals surface area contributed by atoms with Crippen molar-refractivity contribution in [2.75, 3.05) is 0 Å². The van der Waals surface area contributed by atoms with Gasteiger partial charge in [-0.3, -0.25) is 0 Å². The summed E-state index contributed by atoms with van der Waals surface area (Å²) >= 11 is 1.67. The van der Waals surface area contributed by atoms with Gasteiger partial charge in [-0.2, -0.15) is 0 Å². The molecule has 1 aromatic heterocycles. The second-order valence-corrected chi connectivity index (χ2v) is 6.41. The van der Waals surface area contributed by atoms with Crippen LogP contribution in [0.5, 0.6) is 0 Å². The zero-order valence-electron chi connectivity index (χ0n) is 11.4. The summed E-state index contributed by atoms with van der Waals surface area (Å²) in [5.41, 5.74) is 1.66. The van der Waals surface area contributed by atoms with Crippen LogP contribution in [-0.4, -0.2) is 5.11 Å². The van der Waals surface area contributed by atoms with E-state index >= 15 is 0 Å². The van der Waals surface area contributed by atoms with Crippen LogP contribution < -0.4 is 0 Å². The number of aliphatic hydroxyl groups is 1. The smallest absolute Gasteiger partial charge is 0.131 e. The molecule has 0 bridgehead atoms. The first kappa shape index (κ1) is 13.3. The van der Waals surface area contributed by atoms with Crippen molar-refractivity contribution in [3.05, 3.63) is 69.2 Å². The van der Waals surface area contributed by atoms with Gasteiger partial charge in [0, 0.05) is 15.1 Å². The number of fused-ring (bicyclic) bond motifs is 1. The fraction of sp³-hybridized carbons (Fsp3) is 0.176. The highest BCUT2D eigenvalue weighted by atomic mass is 32.1. The van der Waals surface area contributed by atoms with Crippen molar-refractivity contribution in [2.45, 2.75) is 20.0 Å². The van der Waals surface area contributed by atoms with E-state index in [0.717, 1.165) is 21.4 Å². The topological polar surface area (TPSA) is 20.2 Å². The second kappa shape index (κ2) is 5.00. The van der Waals surface area contributed by atoms with Crippen LogP contribution in [0.15, 0.2) is 42.5 Å². The maximum absolute atomic E-state index is 13.8. The summed E-state index contributed by atoms with van der Waals surface area (Å²) in [6.45, 7) is 4.03. The van der Waals surface area contributed by atoms with E-state index in [9.17, 15) is 9.50 Å². The van der Waals surface area contributed by atoms with E-state index in [1.807, 2.05) is 38.1 Å². The number of hydrogen-bond acceptors (Lipinski definition) is 2. The minimum absolute atomic E-state index is 0.255. The van der Waals surface area contributed by atoms with Gasteiger partial charge in [0.25, 0.3) is 0 Å². The summed E-state index contributed by atoms with van der Waals surface area (Å²) in [6, 6.07) is 12.4. The van der Waals surface area contributed by atoms with Crippen LogP contribution >= 0.6 is 11.3 Å². The molecule has 20 heavy (non-hydrogen) atoms. The first-order chi connectivity index (χ1) is 9.58. The number of halogens is 1. The van der Waals surface area contributed by atoms with Gasteiger partial charge in [-0.05, 0) is 42.5 Å². The first-order valence-corrected chi connectivity index (χ1v) is 7.31. The van der Waals surface area contributed by atoms with Crippen LogP contribution in [0.1, 0.15) is 27.0 Å². The second-order valence-electron chi connectivity index (χ2n) is 4.95. The van der Waals surface area contributed by atoms with E-state index in [-0.39, 0.29) is 5.82 Å². The molecular formula is C17H15FOS. The summed E-state index contributed by atoms with van der Waals surface area (Å²) in [6.07, 6.45) is -0.717. The molecule has 1 atom stereocenters. The van der Waals surface area contributed by atoms with E-state index in [2.05, 4.69) is 0 Å². The molecule has 0 radical (unpaired) electrons. The fourth-order valence-electron chi connectivity index (χ4n) is 2.61. The normalized spacial score (nSPS) is 12.8. The highest BCUT2D eigenvalue weighted by molar-refractivity contribution is 7.12. The summed E-state index contributed by atoms with van der Waals surface area (Å²) in [4.78, 5) is 2.27. The summed E-state index contributed by atoms with van der Waals surface area (Å²) < 4.78 is 13.8. The van der Waals surface area contributed by atoms with Crippen molar-refractivity contribution in [2.24, 2.45) is 0 Å². The molecule has 3 aromatic rings. The molecule has 0 amide bonds. The average molecular weight is 286 g/mol. The van der Waals surface area contributed by atoms with E-state index in [1.165, 1.54) is 10.9 Å². The molecule has 102 valence electrons. The molecular weight excluding hydrogens is 271 g/mol. The Morgan fingerprint density at radius 3 is 2.35 bits per heavy atom. The average Bonchev–Trinajstić information content (AvgIpc) is 2.78. The van der Waals surface area contributed by atoms with Crippen LogP contribution in [-0.2, 0) is 0 Å². The summed E-state index contributed by atoms with van der Waals surface area (Å²) in [5.74, 6) is -0.255. The Morgan fingerprint density at radius 1 is 1.00 bits per heavy atom. The number of rotatable bonds is 2. The molecule has 1 N–H and O–H groups in total.